The van der Waals surface area contributed by atoms with Gasteiger partial charge in [-0.1, -0.05) is 29.8 Å². The second-order valence-corrected chi connectivity index (χ2v) is 7.00. The van der Waals surface area contributed by atoms with Gasteiger partial charge in [0, 0.05) is 17.1 Å². The number of rotatable bonds is 2. The van der Waals surface area contributed by atoms with Crippen LogP contribution in [0.3, 0.4) is 0 Å². The Bertz CT molecular complexity index is 824. The van der Waals surface area contributed by atoms with E-state index >= 15 is 0 Å². The first kappa shape index (κ1) is 16.2. The third kappa shape index (κ3) is 3.43. The van der Waals surface area contributed by atoms with Crippen molar-refractivity contribution in [3.05, 3.63) is 58.1 Å². The van der Waals surface area contributed by atoms with Crippen LogP contribution in [-0.4, -0.2) is 29.9 Å². The molecule has 2 aromatic rings. The van der Waals surface area contributed by atoms with Crippen molar-refractivity contribution in [2.75, 3.05) is 11.9 Å². The summed E-state index contributed by atoms with van der Waals surface area (Å²) in [5.41, 5.74) is 3.90. The molecule has 0 spiro atoms. The Morgan fingerprint density at radius 2 is 2.04 bits per heavy atom. The van der Waals surface area contributed by atoms with Gasteiger partial charge in [-0.25, -0.2) is 4.79 Å². The highest BCUT2D eigenvalue weighted by Gasteiger charge is 2.24. The topological polar surface area (TPSA) is 70.6 Å². The Kier molecular flexibility index (Phi) is 4.27. The molecule has 0 fully saturated rings. The minimum atomic E-state index is -0.365. The number of benzene rings is 2. The Balaban J connectivity index is 1.41. The number of amides is 2. The highest BCUT2D eigenvalue weighted by molar-refractivity contribution is 6.30. The van der Waals surface area contributed by atoms with Crippen LogP contribution in [0, 0.1) is 0 Å². The maximum atomic E-state index is 12.4. The molecular formula is C19H19ClN2O3. The van der Waals surface area contributed by atoms with Crippen LogP contribution in [-0.2, 0) is 19.3 Å². The van der Waals surface area contributed by atoms with E-state index in [1.807, 2.05) is 30.3 Å². The Morgan fingerprint density at radius 3 is 2.92 bits per heavy atom. The van der Waals surface area contributed by atoms with Crippen molar-refractivity contribution in [1.29, 1.82) is 0 Å². The summed E-state index contributed by atoms with van der Waals surface area (Å²) in [6, 6.07) is 10.9. The second kappa shape index (κ2) is 6.58. The minimum absolute atomic E-state index is 0.101. The highest BCUT2D eigenvalue weighted by Crippen LogP contribution is 2.30. The van der Waals surface area contributed by atoms with E-state index in [-0.39, 0.29) is 18.2 Å². The fourth-order valence-electron chi connectivity index (χ4n) is 3.53. The van der Waals surface area contributed by atoms with Gasteiger partial charge < -0.3 is 20.5 Å². The van der Waals surface area contributed by atoms with Crippen LogP contribution < -0.4 is 15.4 Å². The molecule has 2 aromatic carbocycles. The summed E-state index contributed by atoms with van der Waals surface area (Å²) < 4.78 is 5.70. The summed E-state index contributed by atoms with van der Waals surface area (Å²) >= 11 is 5.97. The molecule has 130 valence electrons. The predicted molar refractivity (Wildman–Crippen MR) is 96.5 cm³/mol. The number of aliphatic hydroxyl groups is 1. The monoisotopic (exact) mass is 358 g/mol. The summed E-state index contributed by atoms with van der Waals surface area (Å²) in [4.78, 5) is 12.4. The molecule has 5 nitrogen and oxygen atoms in total. The number of carbonyl (C=O) groups excluding carboxylic acids is 1. The quantitative estimate of drug-likeness (QED) is 0.773. The molecule has 2 atom stereocenters. The summed E-state index contributed by atoms with van der Waals surface area (Å²) in [5.74, 6) is 0.779. The normalized spacial score (nSPS) is 21.0. The summed E-state index contributed by atoms with van der Waals surface area (Å²) in [5, 5.41) is 16.3. The lowest BCUT2D eigenvalue weighted by atomic mass is 10.0. The molecule has 2 aliphatic rings. The van der Waals surface area contributed by atoms with E-state index in [1.54, 1.807) is 6.07 Å². The first-order valence-corrected chi connectivity index (χ1v) is 8.74. The van der Waals surface area contributed by atoms with Crippen molar-refractivity contribution in [1.82, 2.24) is 5.32 Å². The van der Waals surface area contributed by atoms with Crippen molar-refractivity contribution in [3.8, 4) is 5.75 Å². The third-order valence-electron chi connectivity index (χ3n) is 4.69. The summed E-state index contributed by atoms with van der Waals surface area (Å²) in [7, 11) is 0. The van der Waals surface area contributed by atoms with E-state index in [1.165, 1.54) is 0 Å². The number of carbonyl (C=O) groups is 1. The largest absolute Gasteiger partial charge is 0.491 e. The number of hydrogen-bond donors (Lipinski definition) is 3. The number of urea groups is 1. The molecule has 3 N–H and O–H groups in total. The van der Waals surface area contributed by atoms with Gasteiger partial charge in [-0.15, -0.1) is 0 Å². The van der Waals surface area contributed by atoms with Crippen LogP contribution in [0.4, 0.5) is 10.5 Å². The average molecular weight is 359 g/mol. The van der Waals surface area contributed by atoms with E-state index in [0.29, 0.717) is 30.9 Å². The maximum Gasteiger partial charge on any atom is 0.319 e. The van der Waals surface area contributed by atoms with Crippen molar-refractivity contribution in [2.45, 2.75) is 31.4 Å². The van der Waals surface area contributed by atoms with Crippen molar-refractivity contribution in [2.24, 2.45) is 0 Å². The van der Waals surface area contributed by atoms with Crippen LogP contribution in [0.5, 0.6) is 5.75 Å². The SMILES string of the molecule is O=C(Nc1cccc2c1C[C@H](O)C2)NC1COc2cc(Cl)ccc2C1. The molecule has 0 bridgehead atoms. The molecule has 0 aromatic heterocycles. The van der Waals surface area contributed by atoms with Crippen LogP contribution in [0.2, 0.25) is 5.02 Å². The van der Waals surface area contributed by atoms with Gasteiger partial charge in [0.1, 0.15) is 12.4 Å². The highest BCUT2D eigenvalue weighted by atomic mass is 35.5. The van der Waals surface area contributed by atoms with Crippen LogP contribution in [0.25, 0.3) is 0 Å². The van der Waals surface area contributed by atoms with E-state index in [2.05, 4.69) is 10.6 Å². The zero-order valence-corrected chi connectivity index (χ0v) is 14.3. The number of ether oxygens (including phenoxy) is 1. The van der Waals surface area contributed by atoms with Gasteiger partial charge in [-0.3, -0.25) is 0 Å². The molecule has 1 aliphatic heterocycles. The Morgan fingerprint density at radius 1 is 1.16 bits per heavy atom. The molecule has 4 rings (SSSR count). The van der Waals surface area contributed by atoms with Gasteiger partial charge in [-0.05, 0) is 47.7 Å². The zero-order chi connectivity index (χ0) is 17.4. The molecule has 2 amide bonds. The van der Waals surface area contributed by atoms with Crippen LogP contribution in [0.1, 0.15) is 16.7 Å². The lowest BCUT2D eigenvalue weighted by molar-refractivity contribution is 0.187. The van der Waals surface area contributed by atoms with Crippen molar-refractivity contribution in [3.63, 3.8) is 0 Å². The number of nitrogens with one attached hydrogen (secondary N) is 2. The minimum Gasteiger partial charge on any atom is -0.491 e. The fourth-order valence-corrected chi connectivity index (χ4v) is 3.69. The maximum absolute atomic E-state index is 12.4. The molecule has 0 saturated carbocycles. The van der Waals surface area contributed by atoms with Gasteiger partial charge in [0.05, 0.1) is 12.1 Å². The number of hydrogen-bond acceptors (Lipinski definition) is 3. The number of halogens is 1. The van der Waals surface area contributed by atoms with E-state index in [0.717, 1.165) is 28.1 Å². The molecule has 1 unspecified atom stereocenters. The number of anilines is 1. The van der Waals surface area contributed by atoms with E-state index < -0.39 is 0 Å². The third-order valence-corrected chi connectivity index (χ3v) is 4.92. The van der Waals surface area contributed by atoms with Gasteiger partial charge in [-0.2, -0.15) is 0 Å². The zero-order valence-electron chi connectivity index (χ0n) is 13.6. The molecule has 1 heterocycles. The molecular weight excluding hydrogens is 340 g/mol. The fraction of sp³-hybridized carbons (Fsp3) is 0.316. The molecule has 25 heavy (non-hydrogen) atoms. The molecule has 1 aliphatic carbocycles. The van der Waals surface area contributed by atoms with Crippen LogP contribution in [0.15, 0.2) is 36.4 Å². The lowest BCUT2D eigenvalue weighted by Crippen LogP contribution is -2.44. The lowest BCUT2D eigenvalue weighted by Gasteiger charge is -2.26. The summed E-state index contributed by atoms with van der Waals surface area (Å²) in [6.07, 6.45) is 1.55. The molecule has 0 radical (unpaired) electrons. The Labute approximate surface area is 151 Å². The van der Waals surface area contributed by atoms with Crippen molar-refractivity contribution >= 4 is 23.3 Å². The second-order valence-electron chi connectivity index (χ2n) is 6.57. The predicted octanol–water partition coefficient (Wildman–Crippen LogP) is 2.92. The van der Waals surface area contributed by atoms with E-state index in [9.17, 15) is 9.90 Å². The van der Waals surface area contributed by atoms with Gasteiger partial charge >= 0.3 is 6.03 Å². The number of aliphatic hydroxyl groups excluding tert-OH is 1. The van der Waals surface area contributed by atoms with Gasteiger partial charge in [0.25, 0.3) is 0 Å². The van der Waals surface area contributed by atoms with Gasteiger partial charge in [0.2, 0.25) is 0 Å². The first-order chi connectivity index (χ1) is 12.1. The Hall–Kier alpha value is -2.24. The van der Waals surface area contributed by atoms with Gasteiger partial charge in [0.15, 0.2) is 0 Å². The summed E-state index contributed by atoms with van der Waals surface area (Å²) in [6.45, 7) is 0.409. The standard InChI is InChI=1S/C19H19ClN2O3/c20-13-5-4-12-6-14(10-25-18(12)8-13)21-19(24)22-17-3-1-2-11-7-15(23)9-16(11)17/h1-5,8,14-15,23H,6-7,9-10H2,(H2,21,22,24)/t14?,15-/m1/s1. The molecule has 6 heteroatoms. The van der Waals surface area contributed by atoms with Crippen LogP contribution >= 0.6 is 11.6 Å². The number of fused-ring (bicyclic) bond motifs is 2. The van der Waals surface area contributed by atoms with Crippen molar-refractivity contribution < 1.29 is 14.6 Å². The smallest absolute Gasteiger partial charge is 0.319 e. The molecule has 0 saturated heterocycles. The average Bonchev–Trinajstić information content (AvgIpc) is 2.96. The first-order valence-electron chi connectivity index (χ1n) is 8.36. The van der Waals surface area contributed by atoms with E-state index in [4.69, 9.17) is 16.3 Å².